The van der Waals surface area contributed by atoms with Crippen LogP contribution in [0, 0.1) is 11.3 Å². The third-order valence-corrected chi connectivity index (χ3v) is 4.42. The Bertz CT molecular complexity index is 569. The molecule has 112 valence electrons. The molecule has 0 atom stereocenters. The monoisotopic (exact) mass is 369 g/mol. The summed E-state index contributed by atoms with van der Waals surface area (Å²) in [5.41, 5.74) is 0.0937. The van der Waals surface area contributed by atoms with Gasteiger partial charge in [-0.15, -0.1) is 0 Å². The molecule has 0 radical (unpaired) electrons. The van der Waals surface area contributed by atoms with Crippen LogP contribution in [0.1, 0.15) is 24.2 Å². The number of nitrogens with zero attached hydrogens (tertiary/aromatic N) is 3. The summed E-state index contributed by atoms with van der Waals surface area (Å²) in [6.45, 7) is 6.45. The van der Waals surface area contributed by atoms with Crippen molar-refractivity contribution >= 4 is 33.4 Å². The third-order valence-electron chi connectivity index (χ3n) is 3.74. The largest absolute Gasteiger partial charge is 0.336 e. The van der Waals surface area contributed by atoms with Gasteiger partial charge in [-0.3, -0.25) is 9.69 Å². The average Bonchev–Trinajstić information content (AvgIpc) is 2.45. The summed E-state index contributed by atoms with van der Waals surface area (Å²) in [6.07, 6.45) is 0. The molecule has 1 saturated heterocycles. The van der Waals surface area contributed by atoms with E-state index in [1.807, 2.05) is 18.7 Å². The molecule has 1 aromatic rings. The van der Waals surface area contributed by atoms with Crippen LogP contribution in [-0.2, 0) is 0 Å². The van der Waals surface area contributed by atoms with Gasteiger partial charge in [0.2, 0.25) is 0 Å². The molecule has 0 aliphatic carbocycles. The summed E-state index contributed by atoms with van der Waals surface area (Å²) in [6, 6.07) is 7.51. The van der Waals surface area contributed by atoms with Crippen molar-refractivity contribution in [3.63, 3.8) is 0 Å². The van der Waals surface area contributed by atoms with Gasteiger partial charge in [-0.1, -0.05) is 27.5 Å². The smallest absolute Gasteiger partial charge is 0.254 e. The number of amides is 1. The molecule has 1 aliphatic heterocycles. The Hall–Kier alpha value is -1.09. The number of carbonyl (C=O) groups is 1. The van der Waals surface area contributed by atoms with E-state index >= 15 is 0 Å². The van der Waals surface area contributed by atoms with Crippen LogP contribution in [0.2, 0.25) is 5.02 Å². The molecule has 2 rings (SSSR count). The van der Waals surface area contributed by atoms with E-state index in [9.17, 15) is 4.79 Å². The Morgan fingerprint density at radius 1 is 1.29 bits per heavy atom. The molecule has 1 amide bonds. The van der Waals surface area contributed by atoms with Crippen LogP contribution in [0.25, 0.3) is 0 Å². The number of hydrogen-bond acceptors (Lipinski definition) is 3. The Balaban J connectivity index is 2.05. The first-order valence-corrected chi connectivity index (χ1v) is 7.92. The molecule has 6 heteroatoms. The van der Waals surface area contributed by atoms with Gasteiger partial charge in [0.1, 0.15) is 5.54 Å². The fourth-order valence-corrected chi connectivity index (χ4v) is 3.26. The van der Waals surface area contributed by atoms with Crippen LogP contribution in [0.15, 0.2) is 22.7 Å². The topological polar surface area (TPSA) is 47.3 Å². The van der Waals surface area contributed by atoms with Gasteiger partial charge in [-0.05, 0) is 32.0 Å². The predicted molar refractivity (Wildman–Crippen MR) is 86.3 cm³/mol. The molecule has 0 unspecified atom stereocenters. The van der Waals surface area contributed by atoms with Crippen LogP contribution in [-0.4, -0.2) is 47.4 Å². The molecule has 0 saturated carbocycles. The van der Waals surface area contributed by atoms with Crippen LogP contribution >= 0.6 is 27.5 Å². The summed E-state index contributed by atoms with van der Waals surface area (Å²) in [5.74, 6) is -0.0207. The molecule has 0 N–H and O–H groups in total. The van der Waals surface area contributed by atoms with Crippen molar-refractivity contribution < 1.29 is 4.79 Å². The lowest BCUT2D eigenvalue weighted by Gasteiger charge is -2.40. The maximum atomic E-state index is 12.5. The van der Waals surface area contributed by atoms with E-state index in [2.05, 4.69) is 26.9 Å². The molecule has 0 spiro atoms. The number of halogens is 2. The zero-order valence-corrected chi connectivity index (χ0v) is 14.4. The second-order valence-electron chi connectivity index (χ2n) is 5.61. The lowest BCUT2D eigenvalue weighted by Crippen LogP contribution is -2.55. The van der Waals surface area contributed by atoms with E-state index in [1.165, 1.54) is 0 Å². The van der Waals surface area contributed by atoms with Crippen LogP contribution < -0.4 is 0 Å². The average molecular weight is 371 g/mol. The van der Waals surface area contributed by atoms with Crippen molar-refractivity contribution in [2.75, 3.05) is 26.2 Å². The Kier molecular flexibility index (Phi) is 4.92. The summed E-state index contributed by atoms with van der Waals surface area (Å²) < 4.78 is 0.794. The lowest BCUT2D eigenvalue weighted by atomic mass is 10.0. The maximum absolute atomic E-state index is 12.5. The quantitative estimate of drug-likeness (QED) is 0.803. The standard InChI is InChI=1S/C15H17BrClN3O/c1-15(2,10-18)20-5-3-19(4-6-20)14(21)11-7-12(16)9-13(17)8-11/h7-9H,3-6H2,1-2H3. The maximum Gasteiger partial charge on any atom is 0.254 e. The molecule has 0 bridgehead atoms. The van der Waals surface area contributed by atoms with Gasteiger partial charge in [-0.25, -0.2) is 0 Å². The van der Waals surface area contributed by atoms with Gasteiger partial charge in [-0.2, -0.15) is 5.26 Å². The number of hydrogen-bond donors (Lipinski definition) is 0. The predicted octanol–water partition coefficient (Wildman–Crippen LogP) is 3.16. The van der Waals surface area contributed by atoms with Gasteiger partial charge in [0, 0.05) is 41.2 Å². The van der Waals surface area contributed by atoms with Crippen LogP contribution in [0.4, 0.5) is 0 Å². The Morgan fingerprint density at radius 3 is 2.43 bits per heavy atom. The van der Waals surface area contributed by atoms with Gasteiger partial charge >= 0.3 is 0 Å². The van der Waals surface area contributed by atoms with Crippen molar-refractivity contribution in [2.24, 2.45) is 0 Å². The summed E-state index contributed by atoms with van der Waals surface area (Å²) >= 11 is 9.34. The van der Waals surface area contributed by atoms with E-state index in [0.29, 0.717) is 36.8 Å². The van der Waals surface area contributed by atoms with E-state index in [4.69, 9.17) is 16.9 Å². The first kappa shape index (κ1) is 16.3. The highest BCUT2D eigenvalue weighted by atomic mass is 79.9. The fraction of sp³-hybridized carbons (Fsp3) is 0.467. The number of carbonyl (C=O) groups excluding carboxylic acids is 1. The van der Waals surface area contributed by atoms with Gasteiger partial charge < -0.3 is 4.90 Å². The zero-order chi connectivity index (χ0) is 15.6. The van der Waals surface area contributed by atoms with E-state index < -0.39 is 5.54 Å². The lowest BCUT2D eigenvalue weighted by molar-refractivity contribution is 0.0521. The molecule has 1 aromatic carbocycles. The highest BCUT2D eigenvalue weighted by molar-refractivity contribution is 9.10. The minimum Gasteiger partial charge on any atom is -0.336 e. The SMILES string of the molecule is CC(C)(C#N)N1CCN(C(=O)c2cc(Cl)cc(Br)c2)CC1. The molecule has 1 aliphatic rings. The normalized spacial score (nSPS) is 16.6. The highest BCUT2D eigenvalue weighted by Gasteiger charge is 2.31. The molecule has 1 heterocycles. The van der Waals surface area contributed by atoms with E-state index in [0.717, 1.165) is 4.47 Å². The Labute approximate surface area is 138 Å². The number of rotatable bonds is 2. The van der Waals surface area contributed by atoms with Crippen molar-refractivity contribution in [3.8, 4) is 6.07 Å². The zero-order valence-electron chi connectivity index (χ0n) is 12.1. The van der Waals surface area contributed by atoms with E-state index in [-0.39, 0.29) is 5.91 Å². The van der Waals surface area contributed by atoms with Crippen LogP contribution in [0.3, 0.4) is 0 Å². The minimum absolute atomic E-state index is 0.0207. The number of piperazine rings is 1. The van der Waals surface area contributed by atoms with Crippen molar-refractivity contribution in [3.05, 3.63) is 33.3 Å². The highest BCUT2D eigenvalue weighted by Crippen LogP contribution is 2.22. The molecular weight excluding hydrogens is 354 g/mol. The van der Waals surface area contributed by atoms with Crippen molar-refractivity contribution in [1.29, 1.82) is 5.26 Å². The summed E-state index contributed by atoms with van der Waals surface area (Å²) in [4.78, 5) is 16.4. The number of benzene rings is 1. The summed E-state index contributed by atoms with van der Waals surface area (Å²) in [7, 11) is 0. The molecule has 0 aromatic heterocycles. The van der Waals surface area contributed by atoms with Crippen molar-refractivity contribution in [1.82, 2.24) is 9.80 Å². The van der Waals surface area contributed by atoms with Gasteiger partial charge in [0.25, 0.3) is 5.91 Å². The van der Waals surface area contributed by atoms with Gasteiger partial charge in [0.05, 0.1) is 6.07 Å². The first-order chi connectivity index (χ1) is 9.83. The Morgan fingerprint density at radius 2 is 1.90 bits per heavy atom. The van der Waals surface area contributed by atoms with Crippen molar-refractivity contribution in [2.45, 2.75) is 19.4 Å². The summed E-state index contributed by atoms with van der Waals surface area (Å²) in [5, 5.41) is 9.71. The first-order valence-electron chi connectivity index (χ1n) is 6.75. The second-order valence-corrected chi connectivity index (χ2v) is 6.96. The molecule has 21 heavy (non-hydrogen) atoms. The van der Waals surface area contributed by atoms with Crippen LogP contribution in [0.5, 0.6) is 0 Å². The second kappa shape index (κ2) is 6.35. The number of nitriles is 1. The molecule has 4 nitrogen and oxygen atoms in total. The van der Waals surface area contributed by atoms with Gasteiger partial charge in [0.15, 0.2) is 0 Å². The molecular formula is C15H17BrClN3O. The third kappa shape index (κ3) is 3.76. The molecule has 1 fully saturated rings. The fourth-order valence-electron chi connectivity index (χ4n) is 2.40. The van der Waals surface area contributed by atoms with E-state index in [1.54, 1.807) is 18.2 Å². The minimum atomic E-state index is -0.492.